The molecule has 0 aromatic heterocycles. The van der Waals surface area contributed by atoms with Crippen molar-refractivity contribution in [2.24, 2.45) is 0 Å². The number of nitrogen functional groups attached to an aromatic ring is 1. The first-order chi connectivity index (χ1) is 6.97. The van der Waals surface area contributed by atoms with Gasteiger partial charge in [0.1, 0.15) is 0 Å². The van der Waals surface area contributed by atoms with E-state index in [-0.39, 0.29) is 5.60 Å². The van der Waals surface area contributed by atoms with E-state index in [2.05, 4.69) is 26.8 Å². The lowest BCUT2D eigenvalue weighted by molar-refractivity contribution is 0.00695. The van der Waals surface area contributed by atoms with E-state index in [4.69, 9.17) is 10.5 Å². The number of anilines is 1. The Balaban J connectivity index is 2.26. The quantitative estimate of drug-likeness (QED) is 0.485. The average Bonchev–Trinajstić information content (AvgIpc) is 2.11. The van der Waals surface area contributed by atoms with Crippen LogP contribution in [0.3, 0.4) is 0 Å². The van der Waals surface area contributed by atoms with Gasteiger partial charge in [-0.2, -0.15) is 0 Å². The fourth-order valence-electron chi connectivity index (χ4n) is 1.11. The zero-order valence-corrected chi connectivity index (χ0v) is 10.4. The molecule has 0 aliphatic rings. The summed E-state index contributed by atoms with van der Waals surface area (Å²) in [4.78, 5) is 1.20. The molecule has 0 fully saturated rings. The number of hydrogen-bond acceptors (Lipinski definition) is 3. The number of ether oxygens (including phenoxy) is 1. The predicted octanol–water partition coefficient (Wildman–Crippen LogP) is 3.18. The minimum absolute atomic E-state index is 0.0454. The largest absolute Gasteiger partial charge is 0.399 e. The summed E-state index contributed by atoms with van der Waals surface area (Å²) in [6.07, 6.45) is 0. The van der Waals surface area contributed by atoms with Gasteiger partial charge in [0.15, 0.2) is 0 Å². The molecule has 0 radical (unpaired) electrons. The summed E-state index contributed by atoms with van der Waals surface area (Å²) in [6.45, 7) is 6.97. The Hall–Kier alpha value is -0.670. The van der Waals surface area contributed by atoms with Crippen molar-refractivity contribution in [3.05, 3.63) is 24.3 Å². The van der Waals surface area contributed by atoms with Crippen molar-refractivity contribution in [3.8, 4) is 0 Å². The van der Waals surface area contributed by atoms with Crippen LogP contribution in [0, 0.1) is 0 Å². The first kappa shape index (κ1) is 12.4. The minimum atomic E-state index is -0.0454. The number of thioether (sulfide) groups is 1. The second-order valence-corrected chi connectivity index (χ2v) is 5.55. The molecule has 0 saturated carbocycles. The summed E-state index contributed by atoms with van der Waals surface area (Å²) >= 11 is 1.77. The van der Waals surface area contributed by atoms with Crippen molar-refractivity contribution in [2.75, 3.05) is 18.1 Å². The monoisotopic (exact) mass is 225 g/mol. The molecule has 1 aromatic rings. The maximum Gasteiger partial charge on any atom is 0.0598 e. The summed E-state index contributed by atoms with van der Waals surface area (Å²) in [5.74, 6) is 0.959. The van der Waals surface area contributed by atoms with Crippen molar-refractivity contribution in [2.45, 2.75) is 31.3 Å². The van der Waals surface area contributed by atoms with Gasteiger partial charge in [-0.3, -0.25) is 0 Å². The van der Waals surface area contributed by atoms with E-state index < -0.39 is 0 Å². The highest BCUT2D eigenvalue weighted by molar-refractivity contribution is 7.99. The van der Waals surface area contributed by atoms with Crippen molar-refractivity contribution >= 4 is 17.4 Å². The molecular weight excluding hydrogens is 206 g/mol. The molecule has 0 amide bonds. The highest BCUT2D eigenvalue weighted by Gasteiger charge is 2.08. The lowest BCUT2D eigenvalue weighted by Gasteiger charge is -2.19. The Morgan fingerprint density at radius 3 is 2.67 bits per heavy atom. The molecule has 2 nitrogen and oxygen atoms in total. The third-order valence-electron chi connectivity index (χ3n) is 1.75. The highest BCUT2D eigenvalue weighted by atomic mass is 32.2. The van der Waals surface area contributed by atoms with Crippen LogP contribution in [-0.4, -0.2) is 18.0 Å². The number of benzene rings is 1. The van der Waals surface area contributed by atoms with Gasteiger partial charge in [-0.15, -0.1) is 11.8 Å². The van der Waals surface area contributed by atoms with Gasteiger partial charge in [-0.25, -0.2) is 0 Å². The fraction of sp³-hybridized carbons (Fsp3) is 0.500. The molecule has 0 bridgehead atoms. The zero-order valence-electron chi connectivity index (χ0n) is 9.62. The van der Waals surface area contributed by atoms with Crippen LogP contribution in [0.4, 0.5) is 5.69 Å². The molecule has 0 heterocycles. The van der Waals surface area contributed by atoms with Gasteiger partial charge in [-0.1, -0.05) is 6.07 Å². The molecule has 1 rings (SSSR count). The molecule has 0 spiro atoms. The zero-order chi connectivity index (χ0) is 11.3. The van der Waals surface area contributed by atoms with Gasteiger partial charge >= 0.3 is 0 Å². The summed E-state index contributed by atoms with van der Waals surface area (Å²) in [5, 5.41) is 0. The van der Waals surface area contributed by atoms with Gasteiger partial charge in [-0.05, 0) is 39.0 Å². The van der Waals surface area contributed by atoms with Gasteiger partial charge in [0.2, 0.25) is 0 Å². The van der Waals surface area contributed by atoms with Crippen molar-refractivity contribution < 1.29 is 4.74 Å². The van der Waals surface area contributed by atoms with Crippen molar-refractivity contribution in [1.29, 1.82) is 0 Å². The summed E-state index contributed by atoms with van der Waals surface area (Å²) in [6, 6.07) is 7.93. The van der Waals surface area contributed by atoms with E-state index in [1.165, 1.54) is 4.90 Å². The van der Waals surface area contributed by atoms with Gasteiger partial charge in [0.05, 0.1) is 12.2 Å². The Morgan fingerprint density at radius 1 is 1.33 bits per heavy atom. The van der Waals surface area contributed by atoms with Crippen LogP contribution in [0.1, 0.15) is 20.8 Å². The standard InChI is InChI=1S/C12H19NOS/c1-12(2,3)14-7-8-15-11-6-4-5-10(13)9-11/h4-6,9H,7-8,13H2,1-3H3. The molecule has 3 heteroatoms. The van der Waals surface area contributed by atoms with Crippen LogP contribution in [-0.2, 0) is 4.74 Å². The van der Waals surface area contributed by atoms with Crippen LogP contribution in [0.25, 0.3) is 0 Å². The first-order valence-corrected chi connectivity index (χ1v) is 6.08. The molecule has 1 aromatic carbocycles. The SMILES string of the molecule is CC(C)(C)OCCSc1cccc(N)c1. The van der Waals surface area contributed by atoms with E-state index in [1.54, 1.807) is 11.8 Å². The number of hydrogen-bond donors (Lipinski definition) is 1. The first-order valence-electron chi connectivity index (χ1n) is 5.10. The molecule has 0 aliphatic heterocycles. The molecular formula is C12H19NOS. The minimum Gasteiger partial charge on any atom is -0.399 e. The Kier molecular flexibility index (Phi) is 4.48. The Bertz CT molecular complexity index is 307. The van der Waals surface area contributed by atoms with Crippen LogP contribution < -0.4 is 5.73 Å². The summed E-state index contributed by atoms with van der Waals surface area (Å²) in [5.41, 5.74) is 6.46. The van der Waals surface area contributed by atoms with Crippen LogP contribution in [0.2, 0.25) is 0 Å². The maximum atomic E-state index is 5.69. The third kappa shape index (κ3) is 5.70. The average molecular weight is 225 g/mol. The van der Waals surface area contributed by atoms with E-state index in [1.807, 2.05) is 18.2 Å². The second kappa shape index (κ2) is 5.42. The molecule has 84 valence electrons. The Morgan fingerprint density at radius 2 is 2.07 bits per heavy atom. The number of rotatable bonds is 4. The smallest absolute Gasteiger partial charge is 0.0598 e. The number of nitrogens with two attached hydrogens (primary N) is 1. The van der Waals surface area contributed by atoms with Crippen molar-refractivity contribution in [3.63, 3.8) is 0 Å². The lowest BCUT2D eigenvalue weighted by Crippen LogP contribution is -2.20. The third-order valence-corrected chi connectivity index (χ3v) is 2.70. The predicted molar refractivity (Wildman–Crippen MR) is 67.3 cm³/mol. The van der Waals surface area contributed by atoms with Crippen LogP contribution in [0.5, 0.6) is 0 Å². The molecule has 0 aliphatic carbocycles. The van der Waals surface area contributed by atoms with E-state index >= 15 is 0 Å². The molecule has 0 atom stereocenters. The molecule has 15 heavy (non-hydrogen) atoms. The van der Waals surface area contributed by atoms with Crippen molar-refractivity contribution in [1.82, 2.24) is 0 Å². The van der Waals surface area contributed by atoms with Crippen LogP contribution in [0.15, 0.2) is 29.2 Å². The fourth-order valence-corrected chi connectivity index (χ4v) is 1.91. The van der Waals surface area contributed by atoms with E-state index in [0.29, 0.717) is 0 Å². The molecule has 0 saturated heterocycles. The highest BCUT2D eigenvalue weighted by Crippen LogP contribution is 2.20. The second-order valence-electron chi connectivity index (χ2n) is 4.38. The molecule has 2 N–H and O–H groups in total. The van der Waals surface area contributed by atoms with E-state index in [9.17, 15) is 0 Å². The maximum absolute atomic E-state index is 5.69. The normalized spacial score (nSPS) is 11.7. The summed E-state index contributed by atoms with van der Waals surface area (Å²) < 4.78 is 5.63. The Labute approximate surface area is 96.2 Å². The van der Waals surface area contributed by atoms with Gasteiger partial charge < -0.3 is 10.5 Å². The summed E-state index contributed by atoms with van der Waals surface area (Å²) in [7, 11) is 0. The molecule has 0 unspecified atom stereocenters. The lowest BCUT2D eigenvalue weighted by atomic mass is 10.2. The van der Waals surface area contributed by atoms with E-state index in [0.717, 1.165) is 18.0 Å². The van der Waals surface area contributed by atoms with Gasteiger partial charge in [0.25, 0.3) is 0 Å². The van der Waals surface area contributed by atoms with Gasteiger partial charge in [0, 0.05) is 16.3 Å². The van der Waals surface area contributed by atoms with Crippen LogP contribution >= 0.6 is 11.8 Å². The topological polar surface area (TPSA) is 35.2 Å².